The van der Waals surface area contributed by atoms with E-state index in [1.54, 1.807) is 29.1 Å². The molecule has 0 aliphatic carbocycles. The van der Waals surface area contributed by atoms with Crippen molar-refractivity contribution in [3.8, 4) is 11.8 Å². The summed E-state index contributed by atoms with van der Waals surface area (Å²) in [6.45, 7) is 5.18. The number of amides is 1. The number of hydrogen-bond donors (Lipinski definition) is 1. The van der Waals surface area contributed by atoms with Crippen LogP contribution in [-0.4, -0.2) is 38.5 Å². The molecule has 9 heteroatoms. The van der Waals surface area contributed by atoms with Gasteiger partial charge in [0, 0.05) is 24.7 Å². The molecule has 0 bridgehead atoms. The van der Waals surface area contributed by atoms with E-state index in [1.807, 2.05) is 18.4 Å². The predicted octanol–water partition coefficient (Wildman–Crippen LogP) is 4.21. The molecule has 4 rings (SSSR count). The maximum absolute atomic E-state index is 13.6. The van der Waals surface area contributed by atoms with Crippen LogP contribution >= 0.6 is 11.8 Å². The molecule has 0 spiro atoms. The number of nitrogens with one attached hydrogen (secondary N) is 1. The second-order valence-corrected chi connectivity index (χ2v) is 8.63. The molecule has 32 heavy (non-hydrogen) atoms. The van der Waals surface area contributed by atoms with Gasteiger partial charge in [-0.2, -0.15) is 5.26 Å². The molecule has 1 N–H and O–H groups in total. The van der Waals surface area contributed by atoms with Crippen LogP contribution in [0.1, 0.15) is 29.7 Å². The molecule has 1 aliphatic heterocycles. The van der Waals surface area contributed by atoms with E-state index in [4.69, 9.17) is 4.74 Å². The van der Waals surface area contributed by atoms with Crippen molar-refractivity contribution in [3.63, 3.8) is 0 Å². The molecule has 1 amide bonds. The Labute approximate surface area is 190 Å². The first-order valence-corrected chi connectivity index (χ1v) is 11.4. The van der Waals surface area contributed by atoms with Gasteiger partial charge in [-0.3, -0.25) is 9.36 Å². The molecule has 1 atom stereocenters. The van der Waals surface area contributed by atoms with Crippen molar-refractivity contribution in [1.82, 2.24) is 14.1 Å². The number of imidazole rings is 1. The average molecular weight is 454 g/mol. The molecule has 3 heterocycles. The van der Waals surface area contributed by atoms with E-state index in [2.05, 4.69) is 16.4 Å². The van der Waals surface area contributed by atoms with Crippen molar-refractivity contribution in [2.75, 3.05) is 17.7 Å². The van der Waals surface area contributed by atoms with E-state index in [0.29, 0.717) is 28.8 Å². The summed E-state index contributed by atoms with van der Waals surface area (Å²) in [5, 5.41) is 13.2. The van der Waals surface area contributed by atoms with Crippen LogP contribution in [0.15, 0.2) is 41.8 Å². The summed E-state index contributed by atoms with van der Waals surface area (Å²) in [6.07, 6.45) is 5.40. The fourth-order valence-corrected chi connectivity index (χ4v) is 4.64. The smallest absolute Gasteiger partial charge is 0.235 e. The van der Waals surface area contributed by atoms with Crippen LogP contribution in [0.5, 0.6) is 0 Å². The third kappa shape index (κ3) is 4.56. The van der Waals surface area contributed by atoms with Gasteiger partial charge in [0.1, 0.15) is 17.7 Å². The minimum Gasteiger partial charge on any atom is -0.376 e. The van der Waals surface area contributed by atoms with E-state index >= 15 is 0 Å². The van der Waals surface area contributed by atoms with Gasteiger partial charge in [-0.1, -0.05) is 17.8 Å². The van der Waals surface area contributed by atoms with Gasteiger partial charge in [-0.15, -0.1) is 0 Å². The average Bonchev–Trinajstić information content (AvgIpc) is 3.51. The molecule has 2 aromatic heterocycles. The summed E-state index contributed by atoms with van der Waals surface area (Å²) in [5.41, 5.74) is 2.91. The number of nitriles is 1. The minimum atomic E-state index is -0.341. The Morgan fingerprint density at radius 3 is 3.00 bits per heavy atom. The molecule has 0 saturated carbocycles. The molecule has 7 nitrogen and oxygen atoms in total. The monoisotopic (exact) mass is 453 g/mol. The number of anilines is 1. The molecule has 166 valence electrons. The van der Waals surface area contributed by atoms with Crippen molar-refractivity contribution < 1.29 is 13.9 Å². The van der Waals surface area contributed by atoms with E-state index in [-0.39, 0.29) is 23.6 Å². The number of rotatable bonds is 7. The number of halogens is 1. The highest BCUT2D eigenvalue weighted by atomic mass is 32.2. The lowest BCUT2D eigenvalue weighted by atomic mass is 10.2. The molecule has 1 aromatic carbocycles. The second kappa shape index (κ2) is 9.59. The van der Waals surface area contributed by atoms with Crippen LogP contribution in [-0.2, 0) is 16.1 Å². The molecule has 1 unspecified atom stereocenters. The fraction of sp³-hybridized carbons (Fsp3) is 0.348. The highest BCUT2D eigenvalue weighted by Crippen LogP contribution is 2.29. The van der Waals surface area contributed by atoms with Gasteiger partial charge < -0.3 is 14.6 Å². The summed E-state index contributed by atoms with van der Waals surface area (Å²) >= 11 is 1.25. The standard InChI is InChI=1S/C23H24FN5O2S/c1-15-16(2)29(13-19-7-4-10-31-19)22(20(15)12-25)27-21(30)14-32-23-26-8-9-28(23)18-6-3-5-17(24)11-18/h3,5-6,8-9,11,19H,4,7,10,13-14H2,1-2H3,(H,27,30). The molecule has 1 fully saturated rings. The Balaban J connectivity index is 1.49. The highest BCUT2D eigenvalue weighted by molar-refractivity contribution is 7.99. The number of benzene rings is 1. The van der Waals surface area contributed by atoms with Crippen molar-refractivity contribution in [2.24, 2.45) is 0 Å². The van der Waals surface area contributed by atoms with Gasteiger partial charge in [-0.25, -0.2) is 9.37 Å². The van der Waals surface area contributed by atoms with Gasteiger partial charge in [-0.05, 0) is 50.5 Å². The third-order valence-electron chi connectivity index (χ3n) is 5.63. The number of aromatic nitrogens is 3. The maximum Gasteiger partial charge on any atom is 0.235 e. The number of carbonyl (C=O) groups is 1. The number of thioether (sulfide) groups is 1. The predicted molar refractivity (Wildman–Crippen MR) is 120 cm³/mol. The van der Waals surface area contributed by atoms with Crippen LogP contribution in [0.25, 0.3) is 5.69 Å². The Hall–Kier alpha value is -3.09. The summed E-state index contributed by atoms with van der Waals surface area (Å²) in [6, 6.07) is 8.42. The maximum atomic E-state index is 13.6. The zero-order valence-electron chi connectivity index (χ0n) is 18.0. The largest absolute Gasteiger partial charge is 0.376 e. The molecule has 1 saturated heterocycles. The lowest BCUT2D eigenvalue weighted by Crippen LogP contribution is -2.22. The van der Waals surface area contributed by atoms with E-state index in [1.165, 1.54) is 23.9 Å². The van der Waals surface area contributed by atoms with Gasteiger partial charge in [0.05, 0.1) is 29.7 Å². The van der Waals surface area contributed by atoms with E-state index in [0.717, 1.165) is 30.7 Å². The first-order valence-electron chi connectivity index (χ1n) is 10.4. The summed E-state index contributed by atoms with van der Waals surface area (Å²) in [5.74, 6) is 0.0237. The summed E-state index contributed by atoms with van der Waals surface area (Å²) < 4.78 is 23.1. The first kappa shape index (κ1) is 22.1. The van der Waals surface area contributed by atoms with E-state index < -0.39 is 0 Å². The van der Waals surface area contributed by atoms with Crippen LogP contribution in [0.4, 0.5) is 10.2 Å². The molecule has 3 aromatic rings. The number of ether oxygens (including phenoxy) is 1. The van der Waals surface area contributed by atoms with Gasteiger partial charge in [0.15, 0.2) is 5.16 Å². The van der Waals surface area contributed by atoms with Crippen molar-refractivity contribution in [1.29, 1.82) is 5.26 Å². The summed E-state index contributed by atoms with van der Waals surface area (Å²) in [7, 11) is 0. The van der Waals surface area contributed by atoms with Crippen molar-refractivity contribution in [3.05, 3.63) is 59.3 Å². The second-order valence-electron chi connectivity index (χ2n) is 7.69. The Kier molecular flexibility index (Phi) is 6.63. The number of hydrogen-bond acceptors (Lipinski definition) is 5. The fourth-order valence-electron chi connectivity index (χ4n) is 3.87. The highest BCUT2D eigenvalue weighted by Gasteiger charge is 2.24. The first-order chi connectivity index (χ1) is 15.5. The number of carbonyl (C=O) groups excluding carboxylic acids is 1. The van der Waals surface area contributed by atoms with Crippen molar-refractivity contribution in [2.45, 2.75) is 44.5 Å². The zero-order valence-corrected chi connectivity index (χ0v) is 18.8. The van der Waals surface area contributed by atoms with E-state index in [9.17, 15) is 14.4 Å². The Bertz CT molecular complexity index is 1170. The van der Waals surface area contributed by atoms with Gasteiger partial charge in [0.25, 0.3) is 0 Å². The molecular formula is C23H24FN5O2S. The molecule has 0 radical (unpaired) electrons. The topological polar surface area (TPSA) is 84.9 Å². The van der Waals surface area contributed by atoms with Crippen LogP contribution in [0, 0.1) is 31.0 Å². The van der Waals surface area contributed by atoms with Crippen molar-refractivity contribution >= 4 is 23.5 Å². The molecular weight excluding hydrogens is 429 g/mol. The Morgan fingerprint density at radius 1 is 1.44 bits per heavy atom. The lowest BCUT2D eigenvalue weighted by Gasteiger charge is -2.17. The zero-order chi connectivity index (χ0) is 22.7. The SMILES string of the molecule is Cc1c(C#N)c(NC(=O)CSc2nccn2-c2cccc(F)c2)n(CC2CCCO2)c1C. The Morgan fingerprint density at radius 2 is 2.28 bits per heavy atom. The van der Waals surface area contributed by atoms with Crippen LogP contribution < -0.4 is 5.32 Å². The minimum absolute atomic E-state index is 0.0795. The number of nitrogens with zero attached hydrogens (tertiary/aromatic N) is 4. The molecule has 1 aliphatic rings. The summed E-state index contributed by atoms with van der Waals surface area (Å²) in [4.78, 5) is 17.1. The van der Waals surface area contributed by atoms with Crippen LogP contribution in [0.2, 0.25) is 0 Å². The third-order valence-corrected chi connectivity index (χ3v) is 6.60. The van der Waals surface area contributed by atoms with Gasteiger partial charge >= 0.3 is 0 Å². The quantitative estimate of drug-likeness (QED) is 0.542. The lowest BCUT2D eigenvalue weighted by molar-refractivity contribution is -0.113. The van der Waals surface area contributed by atoms with Crippen LogP contribution in [0.3, 0.4) is 0 Å². The van der Waals surface area contributed by atoms with Gasteiger partial charge in [0.2, 0.25) is 5.91 Å². The normalized spacial score (nSPS) is 15.6.